The van der Waals surface area contributed by atoms with Crippen LogP contribution in [0, 0.1) is 11.3 Å². The Bertz CT molecular complexity index is 249. The van der Waals surface area contributed by atoms with Crippen molar-refractivity contribution in [3.05, 3.63) is 0 Å². The maximum Gasteiger partial charge on any atom is 0.0285 e. The molecule has 0 bridgehead atoms. The molecule has 2 N–H and O–H groups in total. The zero-order valence-corrected chi connectivity index (χ0v) is 11.3. The highest BCUT2D eigenvalue weighted by Crippen LogP contribution is 2.34. The van der Waals surface area contributed by atoms with Crippen LogP contribution < -0.4 is 5.73 Å². The lowest BCUT2D eigenvalue weighted by Crippen LogP contribution is -2.52. The largest absolute Gasteiger partial charge is 0.324 e. The van der Waals surface area contributed by atoms with Gasteiger partial charge in [-0.15, -0.1) is 0 Å². The number of nitrogens with zero attached hydrogens (tertiary/aromatic N) is 1. The molecule has 1 aliphatic carbocycles. The predicted molar refractivity (Wildman–Crippen MR) is 69.4 cm³/mol. The first-order valence-corrected chi connectivity index (χ1v) is 6.90. The quantitative estimate of drug-likeness (QED) is 0.781. The van der Waals surface area contributed by atoms with Crippen molar-refractivity contribution in [1.82, 2.24) is 4.90 Å². The monoisotopic (exact) mass is 224 g/mol. The van der Waals surface area contributed by atoms with Crippen molar-refractivity contribution in [2.75, 3.05) is 19.6 Å². The van der Waals surface area contributed by atoms with Crippen molar-refractivity contribution in [2.45, 2.75) is 58.4 Å². The van der Waals surface area contributed by atoms with Gasteiger partial charge in [-0.1, -0.05) is 33.6 Å². The molecule has 0 spiro atoms. The fourth-order valence-corrected chi connectivity index (χ4v) is 3.65. The van der Waals surface area contributed by atoms with E-state index in [2.05, 4.69) is 25.7 Å². The van der Waals surface area contributed by atoms with Crippen LogP contribution in [0.4, 0.5) is 0 Å². The van der Waals surface area contributed by atoms with Gasteiger partial charge < -0.3 is 10.6 Å². The molecule has 0 aromatic heterocycles. The summed E-state index contributed by atoms with van der Waals surface area (Å²) in [4.78, 5) is 2.60. The lowest BCUT2D eigenvalue weighted by molar-refractivity contribution is 0.160. The average Bonchev–Trinajstić information content (AvgIpc) is 2.43. The lowest BCUT2D eigenvalue weighted by Gasteiger charge is -2.39. The molecule has 2 aliphatic rings. The molecular formula is C14H28N2. The van der Waals surface area contributed by atoms with Gasteiger partial charge in [0.25, 0.3) is 0 Å². The molecule has 16 heavy (non-hydrogen) atoms. The van der Waals surface area contributed by atoms with Crippen LogP contribution in [-0.2, 0) is 0 Å². The van der Waals surface area contributed by atoms with E-state index in [1.54, 1.807) is 0 Å². The molecule has 2 rings (SSSR count). The minimum absolute atomic E-state index is 0.109. The molecule has 2 nitrogen and oxygen atoms in total. The third kappa shape index (κ3) is 2.98. The molecule has 1 heterocycles. The van der Waals surface area contributed by atoms with Gasteiger partial charge in [-0.3, -0.25) is 0 Å². The number of likely N-dealkylation sites (tertiary alicyclic amines) is 1. The first-order valence-electron chi connectivity index (χ1n) is 6.90. The highest BCUT2D eigenvalue weighted by molar-refractivity contribution is 4.95. The Morgan fingerprint density at radius 2 is 2.06 bits per heavy atom. The summed E-state index contributed by atoms with van der Waals surface area (Å²) in [6, 6.07) is 0. The van der Waals surface area contributed by atoms with E-state index in [1.807, 2.05) is 0 Å². The van der Waals surface area contributed by atoms with Crippen molar-refractivity contribution >= 4 is 0 Å². The Morgan fingerprint density at radius 1 is 1.31 bits per heavy atom. The van der Waals surface area contributed by atoms with Crippen LogP contribution >= 0.6 is 0 Å². The van der Waals surface area contributed by atoms with Crippen molar-refractivity contribution < 1.29 is 0 Å². The van der Waals surface area contributed by atoms with Crippen LogP contribution in [-0.4, -0.2) is 30.1 Å². The molecule has 94 valence electrons. The number of nitrogens with two attached hydrogens (primary N) is 1. The van der Waals surface area contributed by atoms with Crippen LogP contribution in [0.25, 0.3) is 0 Å². The van der Waals surface area contributed by atoms with Crippen LogP contribution in [0.5, 0.6) is 0 Å². The molecule has 1 saturated carbocycles. The third-order valence-corrected chi connectivity index (χ3v) is 4.42. The van der Waals surface area contributed by atoms with E-state index in [4.69, 9.17) is 5.73 Å². The van der Waals surface area contributed by atoms with E-state index < -0.39 is 0 Å². The topological polar surface area (TPSA) is 29.3 Å². The second-order valence-electron chi connectivity index (χ2n) is 7.19. The van der Waals surface area contributed by atoms with Crippen molar-refractivity contribution in [3.8, 4) is 0 Å². The van der Waals surface area contributed by atoms with Gasteiger partial charge >= 0.3 is 0 Å². The fraction of sp³-hybridized carbons (Fsp3) is 1.00. The first-order chi connectivity index (χ1) is 7.39. The summed E-state index contributed by atoms with van der Waals surface area (Å²) in [7, 11) is 0. The zero-order valence-electron chi connectivity index (χ0n) is 11.3. The van der Waals surface area contributed by atoms with Crippen molar-refractivity contribution in [3.63, 3.8) is 0 Å². The smallest absolute Gasteiger partial charge is 0.0285 e. The summed E-state index contributed by atoms with van der Waals surface area (Å²) in [6.07, 6.45) is 6.50. The molecule has 1 aliphatic heterocycles. The van der Waals surface area contributed by atoms with E-state index >= 15 is 0 Å². The van der Waals surface area contributed by atoms with Gasteiger partial charge in [-0.2, -0.15) is 0 Å². The summed E-state index contributed by atoms with van der Waals surface area (Å²) in [5.41, 5.74) is 7.20. The van der Waals surface area contributed by atoms with Gasteiger partial charge in [0.1, 0.15) is 0 Å². The molecule has 2 unspecified atom stereocenters. The molecule has 2 heteroatoms. The Balaban J connectivity index is 1.89. The Labute approximate surface area is 101 Å². The van der Waals surface area contributed by atoms with Gasteiger partial charge in [0, 0.05) is 18.6 Å². The van der Waals surface area contributed by atoms with Gasteiger partial charge in [0.05, 0.1) is 0 Å². The summed E-state index contributed by atoms with van der Waals surface area (Å²) < 4.78 is 0. The molecular weight excluding hydrogens is 196 g/mol. The van der Waals surface area contributed by atoms with Gasteiger partial charge in [-0.05, 0) is 37.1 Å². The second-order valence-corrected chi connectivity index (χ2v) is 7.19. The number of rotatable bonds is 2. The zero-order chi connectivity index (χ0) is 11.8. The van der Waals surface area contributed by atoms with E-state index in [1.165, 1.54) is 45.2 Å². The van der Waals surface area contributed by atoms with E-state index in [0.29, 0.717) is 5.41 Å². The molecule has 0 radical (unpaired) electrons. The normalized spacial score (nSPS) is 40.1. The van der Waals surface area contributed by atoms with E-state index in [9.17, 15) is 0 Å². The van der Waals surface area contributed by atoms with Crippen LogP contribution in [0.15, 0.2) is 0 Å². The maximum atomic E-state index is 6.58. The highest BCUT2D eigenvalue weighted by atomic mass is 15.2. The average molecular weight is 224 g/mol. The van der Waals surface area contributed by atoms with Gasteiger partial charge in [-0.25, -0.2) is 0 Å². The number of hydrogen-bond donors (Lipinski definition) is 1. The van der Waals surface area contributed by atoms with Crippen LogP contribution in [0.3, 0.4) is 0 Å². The third-order valence-electron chi connectivity index (χ3n) is 4.42. The fourth-order valence-electron chi connectivity index (χ4n) is 3.65. The maximum absolute atomic E-state index is 6.58. The predicted octanol–water partition coefficient (Wildman–Crippen LogP) is 2.63. The second kappa shape index (κ2) is 4.30. The molecule has 2 fully saturated rings. The Hall–Kier alpha value is -0.0800. The minimum atomic E-state index is 0.109. The number of hydrogen-bond acceptors (Lipinski definition) is 2. The Kier molecular flexibility index (Phi) is 3.33. The molecule has 0 amide bonds. The first kappa shape index (κ1) is 12.4. The highest BCUT2D eigenvalue weighted by Gasteiger charge is 2.36. The Morgan fingerprint density at radius 3 is 2.62 bits per heavy atom. The van der Waals surface area contributed by atoms with Gasteiger partial charge in [0.2, 0.25) is 0 Å². The van der Waals surface area contributed by atoms with Crippen LogP contribution in [0.1, 0.15) is 52.9 Å². The molecule has 2 atom stereocenters. The summed E-state index contributed by atoms with van der Waals surface area (Å²) in [5, 5.41) is 0. The molecule has 0 aromatic carbocycles. The van der Waals surface area contributed by atoms with E-state index in [-0.39, 0.29) is 5.54 Å². The lowest BCUT2D eigenvalue weighted by atomic mass is 9.77. The van der Waals surface area contributed by atoms with Crippen molar-refractivity contribution in [2.24, 2.45) is 17.1 Å². The summed E-state index contributed by atoms with van der Waals surface area (Å²) >= 11 is 0. The molecule has 1 saturated heterocycles. The summed E-state index contributed by atoms with van der Waals surface area (Å²) in [5.74, 6) is 0.828. The molecule has 0 aromatic rings. The van der Waals surface area contributed by atoms with E-state index in [0.717, 1.165) is 12.5 Å². The SMILES string of the molecule is CC1CCCC(N)(CN2CCC(C)(C)C2)C1. The minimum Gasteiger partial charge on any atom is -0.324 e. The van der Waals surface area contributed by atoms with Gasteiger partial charge in [0.15, 0.2) is 0 Å². The van der Waals surface area contributed by atoms with Crippen molar-refractivity contribution in [1.29, 1.82) is 0 Å². The summed E-state index contributed by atoms with van der Waals surface area (Å²) in [6.45, 7) is 10.7. The van der Waals surface area contributed by atoms with Crippen LogP contribution in [0.2, 0.25) is 0 Å². The standard InChI is InChI=1S/C14H28N2/c1-12-5-4-6-14(15,9-12)11-16-8-7-13(2,3)10-16/h12H,4-11,15H2,1-3H3.